The highest BCUT2D eigenvalue weighted by Gasteiger charge is 2.52. The summed E-state index contributed by atoms with van der Waals surface area (Å²) in [5.74, 6) is -0.445. The molecule has 2 aromatic rings. The third kappa shape index (κ3) is 2.01. The minimum atomic E-state index is -0.689. The van der Waals surface area contributed by atoms with Crippen LogP contribution in [0.25, 0.3) is 0 Å². The summed E-state index contributed by atoms with van der Waals surface area (Å²) < 4.78 is 0. The second-order valence-electron chi connectivity index (χ2n) is 5.60. The molecule has 2 nitrogen and oxygen atoms in total. The lowest BCUT2D eigenvalue weighted by molar-refractivity contribution is -0.149. The number of aliphatic carboxylic acids is 1. The van der Waals surface area contributed by atoms with Crippen molar-refractivity contribution in [3.63, 3.8) is 0 Å². The SMILES string of the molecule is C[C@H]1C(c2ccccc2)[C@H](C(=O)O)[C@H]1c1ccccc1. The van der Waals surface area contributed by atoms with E-state index >= 15 is 0 Å². The zero-order chi connectivity index (χ0) is 14.1. The van der Waals surface area contributed by atoms with Crippen LogP contribution in [-0.2, 0) is 4.79 Å². The Morgan fingerprint density at radius 2 is 1.25 bits per heavy atom. The Kier molecular flexibility index (Phi) is 3.31. The first-order valence-corrected chi connectivity index (χ1v) is 7.03. The lowest BCUT2D eigenvalue weighted by atomic mass is 9.53. The molecule has 0 spiro atoms. The van der Waals surface area contributed by atoms with Crippen molar-refractivity contribution in [3.8, 4) is 0 Å². The standard InChI is InChI=1S/C18H18O2/c1-12-15(13-8-4-2-5-9-13)17(18(19)20)16(12)14-10-6-3-7-11-14/h2-12,15-17H,1H3,(H,19,20)/t12-,15-,16?,17-/m1/s1. The third-order valence-corrected chi connectivity index (χ3v) is 4.56. The number of hydrogen-bond acceptors (Lipinski definition) is 1. The average molecular weight is 266 g/mol. The molecule has 1 aliphatic carbocycles. The van der Waals surface area contributed by atoms with E-state index in [9.17, 15) is 9.90 Å². The van der Waals surface area contributed by atoms with Gasteiger partial charge in [0.2, 0.25) is 0 Å². The van der Waals surface area contributed by atoms with E-state index in [1.54, 1.807) is 0 Å². The normalized spacial score (nSPS) is 28.6. The van der Waals surface area contributed by atoms with Crippen molar-refractivity contribution >= 4 is 5.97 Å². The quantitative estimate of drug-likeness (QED) is 0.914. The first-order valence-electron chi connectivity index (χ1n) is 7.03. The van der Waals surface area contributed by atoms with Gasteiger partial charge in [0.1, 0.15) is 0 Å². The second-order valence-corrected chi connectivity index (χ2v) is 5.60. The molecular formula is C18H18O2. The van der Waals surface area contributed by atoms with Crippen LogP contribution in [0.4, 0.5) is 0 Å². The Bertz CT molecular complexity index is 544. The van der Waals surface area contributed by atoms with Crippen molar-refractivity contribution in [2.75, 3.05) is 0 Å². The van der Waals surface area contributed by atoms with Crippen LogP contribution in [0.5, 0.6) is 0 Å². The van der Waals surface area contributed by atoms with E-state index in [0.29, 0.717) is 5.92 Å². The monoisotopic (exact) mass is 266 g/mol. The Balaban J connectivity index is 1.94. The summed E-state index contributed by atoms with van der Waals surface area (Å²) in [5, 5.41) is 9.61. The smallest absolute Gasteiger partial charge is 0.307 e. The minimum absolute atomic E-state index is 0.110. The lowest BCUT2D eigenvalue weighted by Gasteiger charge is -2.49. The van der Waals surface area contributed by atoms with E-state index < -0.39 is 5.97 Å². The van der Waals surface area contributed by atoms with E-state index in [-0.39, 0.29) is 17.8 Å². The van der Waals surface area contributed by atoms with E-state index in [1.165, 1.54) is 0 Å². The van der Waals surface area contributed by atoms with Gasteiger partial charge in [-0.15, -0.1) is 0 Å². The highest BCUT2D eigenvalue weighted by Crippen LogP contribution is 2.57. The van der Waals surface area contributed by atoms with Gasteiger partial charge in [-0.2, -0.15) is 0 Å². The van der Waals surface area contributed by atoms with Gasteiger partial charge in [-0.3, -0.25) is 4.79 Å². The summed E-state index contributed by atoms with van der Waals surface area (Å²) in [4.78, 5) is 11.7. The van der Waals surface area contributed by atoms with Crippen molar-refractivity contribution in [2.24, 2.45) is 11.8 Å². The van der Waals surface area contributed by atoms with Crippen molar-refractivity contribution < 1.29 is 9.90 Å². The number of benzene rings is 2. The molecule has 1 saturated carbocycles. The first kappa shape index (κ1) is 12.9. The molecule has 1 unspecified atom stereocenters. The Hall–Kier alpha value is -2.09. The summed E-state index contributed by atoms with van der Waals surface area (Å²) >= 11 is 0. The number of carboxylic acid groups (broad SMARTS) is 1. The summed E-state index contributed by atoms with van der Waals surface area (Å²) in [5.41, 5.74) is 2.28. The predicted molar refractivity (Wildman–Crippen MR) is 78.7 cm³/mol. The third-order valence-electron chi connectivity index (χ3n) is 4.56. The summed E-state index contributed by atoms with van der Waals surface area (Å²) in [6.07, 6.45) is 0. The van der Waals surface area contributed by atoms with E-state index in [1.807, 2.05) is 60.7 Å². The molecule has 1 fully saturated rings. The Morgan fingerprint density at radius 3 is 1.60 bits per heavy atom. The molecule has 0 bridgehead atoms. The first-order chi connectivity index (χ1) is 9.70. The van der Waals surface area contributed by atoms with Gasteiger partial charge in [-0.25, -0.2) is 0 Å². The van der Waals surface area contributed by atoms with Gasteiger partial charge in [0, 0.05) is 11.8 Å². The molecule has 2 heteroatoms. The van der Waals surface area contributed by atoms with Crippen LogP contribution < -0.4 is 0 Å². The van der Waals surface area contributed by atoms with Gasteiger partial charge in [0.15, 0.2) is 0 Å². The Labute approximate surface area is 119 Å². The van der Waals surface area contributed by atoms with Crippen molar-refractivity contribution in [3.05, 3.63) is 71.8 Å². The molecule has 0 saturated heterocycles. The fourth-order valence-electron chi connectivity index (χ4n) is 3.63. The van der Waals surface area contributed by atoms with Crippen LogP contribution >= 0.6 is 0 Å². The molecule has 2 aromatic carbocycles. The zero-order valence-electron chi connectivity index (χ0n) is 11.4. The number of hydrogen-bond donors (Lipinski definition) is 1. The molecule has 20 heavy (non-hydrogen) atoms. The van der Waals surface area contributed by atoms with Crippen molar-refractivity contribution in [2.45, 2.75) is 18.8 Å². The van der Waals surface area contributed by atoms with Gasteiger partial charge >= 0.3 is 5.97 Å². The van der Waals surface area contributed by atoms with Gasteiger partial charge in [-0.05, 0) is 17.0 Å². The van der Waals surface area contributed by atoms with Gasteiger partial charge in [0.25, 0.3) is 0 Å². The number of carbonyl (C=O) groups is 1. The molecule has 1 N–H and O–H groups in total. The topological polar surface area (TPSA) is 37.3 Å². The maximum Gasteiger partial charge on any atom is 0.307 e. The van der Waals surface area contributed by atoms with Crippen LogP contribution in [-0.4, -0.2) is 11.1 Å². The molecule has 3 rings (SSSR count). The Morgan fingerprint density at radius 1 is 0.850 bits per heavy atom. The molecule has 0 radical (unpaired) electrons. The van der Waals surface area contributed by atoms with E-state index in [4.69, 9.17) is 0 Å². The molecule has 1 aliphatic rings. The van der Waals surface area contributed by atoms with Crippen LogP contribution in [0.3, 0.4) is 0 Å². The molecule has 102 valence electrons. The van der Waals surface area contributed by atoms with E-state index in [2.05, 4.69) is 6.92 Å². The molecule has 0 heterocycles. The van der Waals surface area contributed by atoms with Gasteiger partial charge in [-0.1, -0.05) is 67.6 Å². The fraction of sp³-hybridized carbons (Fsp3) is 0.278. The summed E-state index contributed by atoms with van der Waals surface area (Å²) in [6.45, 7) is 2.16. The molecular weight excluding hydrogens is 248 g/mol. The number of carboxylic acids is 1. The second kappa shape index (κ2) is 5.12. The van der Waals surface area contributed by atoms with Crippen LogP contribution in [0.15, 0.2) is 60.7 Å². The molecule has 0 aromatic heterocycles. The minimum Gasteiger partial charge on any atom is -0.481 e. The van der Waals surface area contributed by atoms with Gasteiger partial charge in [0.05, 0.1) is 5.92 Å². The summed E-state index contributed by atoms with van der Waals surface area (Å²) in [7, 11) is 0. The van der Waals surface area contributed by atoms with Crippen molar-refractivity contribution in [1.82, 2.24) is 0 Å². The zero-order valence-corrected chi connectivity index (χ0v) is 11.4. The maximum absolute atomic E-state index is 11.7. The van der Waals surface area contributed by atoms with Gasteiger partial charge < -0.3 is 5.11 Å². The predicted octanol–water partition coefficient (Wildman–Crippen LogP) is 3.90. The maximum atomic E-state index is 11.7. The number of rotatable bonds is 3. The molecule has 0 aliphatic heterocycles. The van der Waals surface area contributed by atoms with Crippen LogP contribution in [0.1, 0.15) is 29.9 Å². The highest BCUT2D eigenvalue weighted by molar-refractivity contribution is 5.75. The highest BCUT2D eigenvalue weighted by atomic mass is 16.4. The van der Waals surface area contributed by atoms with Crippen LogP contribution in [0.2, 0.25) is 0 Å². The fourth-order valence-corrected chi connectivity index (χ4v) is 3.63. The lowest BCUT2D eigenvalue weighted by Crippen LogP contribution is -2.46. The average Bonchev–Trinajstić information content (AvgIpc) is 2.46. The molecule has 4 atom stereocenters. The molecule has 0 amide bonds. The van der Waals surface area contributed by atoms with Crippen molar-refractivity contribution in [1.29, 1.82) is 0 Å². The van der Waals surface area contributed by atoms with E-state index in [0.717, 1.165) is 11.1 Å². The largest absolute Gasteiger partial charge is 0.481 e. The van der Waals surface area contributed by atoms with Crippen LogP contribution in [0, 0.1) is 11.8 Å². The summed E-state index contributed by atoms with van der Waals surface area (Å²) in [6, 6.07) is 20.0.